The number of rotatable bonds is 5. The molecule has 0 aliphatic carbocycles. The van der Waals surface area contributed by atoms with Gasteiger partial charge in [-0.1, -0.05) is 13.3 Å². The fraction of sp³-hybridized carbons (Fsp3) is 0.889. The van der Waals surface area contributed by atoms with Gasteiger partial charge in [0, 0.05) is 0 Å². The van der Waals surface area contributed by atoms with Gasteiger partial charge in [0.2, 0.25) is 0 Å². The first-order valence-corrected chi connectivity index (χ1v) is 4.23. The van der Waals surface area contributed by atoms with E-state index in [1.54, 1.807) is 0 Å². The zero-order chi connectivity index (χ0) is 8.69. The maximum absolute atomic E-state index is 8.45. The van der Waals surface area contributed by atoms with Gasteiger partial charge in [0.1, 0.15) is 0 Å². The standard InChI is InChI=1S/C9H17NO/c1-4-5-9(6-7-10)11-8(2)3/h8-9H,4-6H2,1-3H3. The van der Waals surface area contributed by atoms with Gasteiger partial charge in [-0.15, -0.1) is 0 Å². The van der Waals surface area contributed by atoms with Crippen molar-refractivity contribution in [3.05, 3.63) is 0 Å². The molecule has 1 unspecified atom stereocenters. The molecule has 0 radical (unpaired) electrons. The van der Waals surface area contributed by atoms with E-state index in [4.69, 9.17) is 10.00 Å². The molecule has 0 N–H and O–H groups in total. The highest BCUT2D eigenvalue weighted by Crippen LogP contribution is 2.08. The molecule has 0 aliphatic heterocycles. The van der Waals surface area contributed by atoms with Gasteiger partial charge in [-0.05, 0) is 20.3 Å². The van der Waals surface area contributed by atoms with Crippen LogP contribution in [0.25, 0.3) is 0 Å². The van der Waals surface area contributed by atoms with E-state index in [9.17, 15) is 0 Å². The fourth-order valence-electron chi connectivity index (χ4n) is 1.03. The SMILES string of the molecule is CCCC(CC#N)OC(C)C. The molecule has 0 spiro atoms. The van der Waals surface area contributed by atoms with Crippen molar-refractivity contribution in [2.75, 3.05) is 0 Å². The minimum Gasteiger partial charge on any atom is -0.374 e. The summed E-state index contributed by atoms with van der Waals surface area (Å²) in [6, 6.07) is 2.13. The first-order chi connectivity index (χ1) is 5.20. The van der Waals surface area contributed by atoms with E-state index in [0.717, 1.165) is 12.8 Å². The Kier molecular flexibility index (Phi) is 5.87. The number of hydrogen-bond donors (Lipinski definition) is 0. The van der Waals surface area contributed by atoms with Crippen LogP contribution in [0, 0.1) is 11.3 Å². The van der Waals surface area contributed by atoms with E-state index in [0.29, 0.717) is 6.42 Å². The molecule has 0 heterocycles. The van der Waals surface area contributed by atoms with E-state index in [-0.39, 0.29) is 12.2 Å². The van der Waals surface area contributed by atoms with Crippen LogP contribution in [-0.4, -0.2) is 12.2 Å². The van der Waals surface area contributed by atoms with Gasteiger partial charge in [-0.25, -0.2) is 0 Å². The molecule has 1 atom stereocenters. The van der Waals surface area contributed by atoms with Gasteiger partial charge in [0.15, 0.2) is 0 Å². The van der Waals surface area contributed by atoms with Crippen molar-refractivity contribution in [2.24, 2.45) is 0 Å². The number of nitrogens with zero attached hydrogens (tertiary/aromatic N) is 1. The Morgan fingerprint density at radius 1 is 1.45 bits per heavy atom. The summed E-state index contributed by atoms with van der Waals surface area (Å²) >= 11 is 0. The van der Waals surface area contributed by atoms with Crippen LogP contribution in [0.1, 0.15) is 40.0 Å². The minimum absolute atomic E-state index is 0.144. The molecule has 0 bridgehead atoms. The van der Waals surface area contributed by atoms with Gasteiger partial charge < -0.3 is 4.74 Å². The molecule has 0 aromatic rings. The lowest BCUT2D eigenvalue weighted by Crippen LogP contribution is -2.16. The Hall–Kier alpha value is -0.550. The second kappa shape index (κ2) is 6.18. The topological polar surface area (TPSA) is 33.0 Å². The van der Waals surface area contributed by atoms with Crippen LogP contribution in [0.2, 0.25) is 0 Å². The van der Waals surface area contributed by atoms with Crippen molar-refractivity contribution in [3.63, 3.8) is 0 Å². The highest BCUT2D eigenvalue weighted by molar-refractivity contribution is 4.76. The first-order valence-electron chi connectivity index (χ1n) is 4.23. The minimum atomic E-state index is 0.144. The van der Waals surface area contributed by atoms with Crippen LogP contribution < -0.4 is 0 Å². The second-order valence-corrected chi connectivity index (χ2v) is 2.96. The summed E-state index contributed by atoms with van der Waals surface area (Å²) in [5.74, 6) is 0. The summed E-state index contributed by atoms with van der Waals surface area (Å²) in [6.45, 7) is 6.11. The maximum atomic E-state index is 8.45. The van der Waals surface area contributed by atoms with Crippen LogP contribution >= 0.6 is 0 Å². The van der Waals surface area contributed by atoms with Gasteiger partial charge in [-0.2, -0.15) is 5.26 Å². The van der Waals surface area contributed by atoms with Crippen LogP contribution in [0.5, 0.6) is 0 Å². The highest BCUT2D eigenvalue weighted by atomic mass is 16.5. The van der Waals surface area contributed by atoms with Crippen molar-refractivity contribution in [2.45, 2.75) is 52.2 Å². The molecule has 0 aliphatic rings. The smallest absolute Gasteiger partial charge is 0.0708 e. The van der Waals surface area contributed by atoms with Gasteiger partial charge in [0.05, 0.1) is 24.7 Å². The predicted molar refractivity (Wildman–Crippen MR) is 45.1 cm³/mol. The molecule has 0 saturated carbocycles. The van der Waals surface area contributed by atoms with Crippen molar-refractivity contribution in [1.82, 2.24) is 0 Å². The van der Waals surface area contributed by atoms with Crippen molar-refractivity contribution in [3.8, 4) is 6.07 Å². The fourth-order valence-corrected chi connectivity index (χ4v) is 1.03. The molecule has 0 saturated heterocycles. The molecular formula is C9H17NO. The van der Waals surface area contributed by atoms with E-state index >= 15 is 0 Å². The summed E-state index contributed by atoms with van der Waals surface area (Å²) in [4.78, 5) is 0. The number of nitriles is 1. The molecule has 64 valence electrons. The summed E-state index contributed by atoms with van der Waals surface area (Å²) in [5.41, 5.74) is 0. The van der Waals surface area contributed by atoms with Crippen molar-refractivity contribution < 1.29 is 4.74 Å². The van der Waals surface area contributed by atoms with E-state index in [2.05, 4.69) is 13.0 Å². The Bertz CT molecular complexity index is 126. The van der Waals surface area contributed by atoms with Gasteiger partial charge in [0.25, 0.3) is 0 Å². The lowest BCUT2D eigenvalue weighted by atomic mass is 10.1. The normalized spacial score (nSPS) is 13.0. The van der Waals surface area contributed by atoms with Gasteiger partial charge >= 0.3 is 0 Å². The highest BCUT2D eigenvalue weighted by Gasteiger charge is 2.08. The Balaban J connectivity index is 3.61. The first kappa shape index (κ1) is 10.4. The van der Waals surface area contributed by atoms with Crippen LogP contribution in [0.3, 0.4) is 0 Å². The zero-order valence-corrected chi connectivity index (χ0v) is 7.63. The Morgan fingerprint density at radius 2 is 2.09 bits per heavy atom. The number of hydrogen-bond acceptors (Lipinski definition) is 2. The average molecular weight is 155 g/mol. The summed E-state index contributed by atoms with van der Waals surface area (Å²) in [5, 5.41) is 8.45. The third-order valence-corrected chi connectivity index (χ3v) is 1.39. The largest absolute Gasteiger partial charge is 0.374 e. The summed E-state index contributed by atoms with van der Waals surface area (Å²) in [6.07, 6.45) is 2.97. The molecule has 11 heavy (non-hydrogen) atoms. The predicted octanol–water partition coefficient (Wildman–Crippen LogP) is 2.49. The molecule has 0 aromatic carbocycles. The third-order valence-electron chi connectivity index (χ3n) is 1.39. The zero-order valence-electron chi connectivity index (χ0n) is 7.63. The van der Waals surface area contributed by atoms with Crippen LogP contribution in [0.4, 0.5) is 0 Å². The summed E-state index contributed by atoms with van der Waals surface area (Å²) < 4.78 is 5.51. The van der Waals surface area contributed by atoms with Crippen molar-refractivity contribution >= 4 is 0 Å². The average Bonchev–Trinajstić information content (AvgIpc) is 1.87. The molecule has 2 heteroatoms. The monoisotopic (exact) mass is 155 g/mol. The lowest BCUT2D eigenvalue weighted by molar-refractivity contribution is 0.00584. The lowest BCUT2D eigenvalue weighted by Gasteiger charge is -2.16. The molecular weight excluding hydrogens is 138 g/mol. The van der Waals surface area contributed by atoms with Crippen molar-refractivity contribution in [1.29, 1.82) is 5.26 Å². The van der Waals surface area contributed by atoms with E-state index < -0.39 is 0 Å². The van der Waals surface area contributed by atoms with Crippen LogP contribution in [-0.2, 0) is 4.74 Å². The Labute approximate surface area is 69.2 Å². The maximum Gasteiger partial charge on any atom is 0.0708 e. The van der Waals surface area contributed by atoms with Crippen LogP contribution in [0.15, 0.2) is 0 Å². The molecule has 2 nitrogen and oxygen atoms in total. The molecule has 0 aromatic heterocycles. The van der Waals surface area contributed by atoms with E-state index in [1.165, 1.54) is 0 Å². The number of ether oxygens (including phenoxy) is 1. The summed E-state index contributed by atoms with van der Waals surface area (Å²) in [7, 11) is 0. The molecule has 0 rings (SSSR count). The molecule has 0 fully saturated rings. The van der Waals surface area contributed by atoms with E-state index in [1.807, 2.05) is 13.8 Å². The second-order valence-electron chi connectivity index (χ2n) is 2.96. The quantitative estimate of drug-likeness (QED) is 0.611. The Morgan fingerprint density at radius 3 is 2.45 bits per heavy atom. The molecule has 0 amide bonds. The van der Waals surface area contributed by atoms with Gasteiger partial charge in [-0.3, -0.25) is 0 Å². The third kappa shape index (κ3) is 5.87.